The van der Waals surface area contributed by atoms with Crippen LogP contribution in [0.25, 0.3) is 0 Å². The third-order valence-corrected chi connectivity index (χ3v) is 5.84. The first-order chi connectivity index (χ1) is 15.2. The zero-order valence-corrected chi connectivity index (χ0v) is 18.7. The molecule has 11 heteroatoms. The predicted molar refractivity (Wildman–Crippen MR) is 123 cm³/mol. The number of carbonyl (C=O) groups is 2. The maximum Gasteiger partial charge on any atom is 0.451 e. The largest absolute Gasteiger partial charge is 0.497 e. The molecule has 1 aromatic carbocycles. The summed E-state index contributed by atoms with van der Waals surface area (Å²) in [7, 11) is 0.205. The number of nitrogens with two attached hydrogens (primary N) is 1. The standard InChI is InChI=1S/C21H35BN4O6/c1-32-18-7-4-6-17(16-18)24-20(29)26-14-12-25(13-15-26)11-5-9-21(23,19(27)28)8-2-3-10-22(30)31/h4,6-7,16,30-31H,2-3,5,8-15,23H2,1H3,(H,24,29)(H,27,28). The van der Waals surface area contributed by atoms with Crippen LogP contribution in [-0.4, -0.2) is 89.4 Å². The first-order valence-corrected chi connectivity index (χ1v) is 11.0. The SMILES string of the molecule is COc1cccc(NC(=O)N2CCN(CCCC(N)(CCCCB(O)O)C(=O)O)CC2)c1. The Morgan fingerprint density at radius 1 is 1.16 bits per heavy atom. The highest BCUT2D eigenvalue weighted by Gasteiger charge is 2.33. The first-order valence-electron chi connectivity index (χ1n) is 11.0. The Bertz CT molecular complexity index is 745. The summed E-state index contributed by atoms with van der Waals surface area (Å²) in [6.07, 6.45) is 2.55. The number of aliphatic carboxylic acids is 1. The van der Waals surface area contributed by atoms with Crippen LogP contribution in [0.4, 0.5) is 10.5 Å². The molecule has 0 aliphatic carbocycles. The Balaban J connectivity index is 1.71. The van der Waals surface area contributed by atoms with Gasteiger partial charge in [0, 0.05) is 37.9 Å². The number of carboxylic acid groups (broad SMARTS) is 1. The highest BCUT2D eigenvalue weighted by molar-refractivity contribution is 6.40. The van der Waals surface area contributed by atoms with Crippen LogP contribution in [0.15, 0.2) is 24.3 Å². The van der Waals surface area contributed by atoms with Gasteiger partial charge in [0.05, 0.1) is 7.11 Å². The topological polar surface area (TPSA) is 149 Å². The molecule has 0 aromatic heterocycles. The van der Waals surface area contributed by atoms with Crippen molar-refractivity contribution in [2.24, 2.45) is 5.73 Å². The van der Waals surface area contributed by atoms with Crippen LogP contribution in [0.3, 0.4) is 0 Å². The number of anilines is 1. The number of nitrogens with zero attached hydrogens (tertiary/aromatic N) is 2. The third-order valence-electron chi connectivity index (χ3n) is 5.84. The van der Waals surface area contributed by atoms with Crippen LogP contribution in [0.1, 0.15) is 32.1 Å². The number of unbranched alkanes of at least 4 members (excludes halogenated alkanes) is 1. The number of rotatable bonds is 12. The lowest BCUT2D eigenvalue weighted by Crippen LogP contribution is -2.51. The second-order valence-corrected chi connectivity index (χ2v) is 8.28. The first kappa shape index (κ1) is 25.9. The van der Waals surface area contributed by atoms with Crippen molar-refractivity contribution in [3.05, 3.63) is 24.3 Å². The van der Waals surface area contributed by atoms with Gasteiger partial charge in [0.1, 0.15) is 11.3 Å². The molecule has 1 unspecified atom stereocenters. The number of benzene rings is 1. The van der Waals surface area contributed by atoms with Gasteiger partial charge in [-0.2, -0.15) is 0 Å². The average molecular weight is 450 g/mol. The molecule has 1 heterocycles. The van der Waals surface area contributed by atoms with E-state index in [4.69, 9.17) is 20.5 Å². The summed E-state index contributed by atoms with van der Waals surface area (Å²) in [5, 5.41) is 30.2. The Kier molecular flexibility index (Phi) is 10.2. The minimum Gasteiger partial charge on any atom is -0.497 e. The van der Waals surface area contributed by atoms with E-state index >= 15 is 0 Å². The van der Waals surface area contributed by atoms with Gasteiger partial charge in [0.15, 0.2) is 0 Å². The summed E-state index contributed by atoms with van der Waals surface area (Å²) in [6, 6.07) is 7.05. The van der Waals surface area contributed by atoms with E-state index in [-0.39, 0.29) is 12.4 Å². The second-order valence-electron chi connectivity index (χ2n) is 8.28. The number of hydrogen-bond donors (Lipinski definition) is 5. The molecule has 32 heavy (non-hydrogen) atoms. The number of piperazine rings is 1. The van der Waals surface area contributed by atoms with E-state index < -0.39 is 18.6 Å². The van der Waals surface area contributed by atoms with Crippen molar-refractivity contribution < 1.29 is 29.5 Å². The lowest BCUT2D eigenvalue weighted by atomic mass is 9.81. The number of hydrogen-bond acceptors (Lipinski definition) is 7. The third kappa shape index (κ3) is 8.31. The quantitative estimate of drug-likeness (QED) is 0.234. The molecule has 178 valence electrons. The van der Waals surface area contributed by atoms with Crippen LogP contribution in [0, 0.1) is 0 Å². The summed E-state index contributed by atoms with van der Waals surface area (Å²) >= 11 is 0. The minimum absolute atomic E-state index is 0.155. The summed E-state index contributed by atoms with van der Waals surface area (Å²) in [4.78, 5) is 28.1. The highest BCUT2D eigenvalue weighted by atomic mass is 16.5. The molecule has 6 N–H and O–H groups in total. The molecule has 2 amide bonds. The van der Waals surface area contributed by atoms with E-state index in [1.807, 2.05) is 18.2 Å². The maximum atomic E-state index is 12.5. The van der Waals surface area contributed by atoms with Crippen LogP contribution in [-0.2, 0) is 4.79 Å². The van der Waals surface area contributed by atoms with Crippen molar-refractivity contribution in [3.8, 4) is 5.75 Å². The van der Waals surface area contributed by atoms with Gasteiger partial charge in [-0.05, 0) is 44.3 Å². The number of carbonyl (C=O) groups excluding carboxylic acids is 1. The number of ether oxygens (including phenoxy) is 1. The van der Waals surface area contributed by atoms with E-state index in [1.54, 1.807) is 18.1 Å². The monoisotopic (exact) mass is 450 g/mol. The number of carboxylic acids is 1. The van der Waals surface area contributed by atoms with Gasteiger partial charge in [0.25, 0.3) is 0 Å². The van der Waals surface area contributed by atoms with Gasteiger partial charge in [-0.15, -0.1) is 0 Å². The summed E-state index contributed by atoms with van der Waals surface area (Å²) < 4.78 is 5.17. The van der Waals surface area contributed by atoms with Crippen molar-refractivity contribution in [2.75, 3.05) is 45.2 Å². The van der Waals surface area contributed by atoms with E-state index in [0.29, 0.717) is 76.3 Å². The minimum atomic E-state index is -1.37. The summed E-state index contributed by atoms with van der Waals surface area (Å²) in [5.74, 6) is -0.350. The van der Waals surface area contributed by atoms with Crippen LogP contribution < -0.4 is 15.8 Å². The summed E-state index contributed by atoms with van der Waals surface area (Å²) in [5.41, 5.74) is 5.49. The Morgan fingerprint density at radius 3 is 2.47 bits per heavy atom. The van der Waals surface area contributed by atoms with Crippen molar-refractivity contribution >= 4 is 24.8 Å². The number of methoxy groups -OCH3 is 1. The molecular weight excluding hydrogens is 415 g/mol. The molecule has 0 radical (unpaired) electrons. The molecule has 0 saturated carbocycles. The molecule has 1 aliphatic heterocycles. The van der Waals surface area contributed by atoms with Gasteiger partial charge in [0.2, 0.25) is 0 Å². The molecular formula is C21H35BN4O6. The number of nitrogens with one attached hydrogen (secondary N) is 1. The fraction of sp³-hybridized carbons (Fsp3) is 0.619. The molecule has 1 saturated heterocycles. The fourth-order valence-corrected chi connectivity index (χ4v) is 3.80. The molecule has 0 bridgehead atoms. The molecule has 1 aromatic rings. The van der Waals surface area contributed by atoms with Gasteiger partial charge in [-0.25, -0.2) is 4.79 Å². The predicted octanol–water partition coefficient (Wildman–Crippen LogP) is 1.05. The van der Waals surface area contributed by atoms with Gasteiger partial charge >= 0.3 is 19.1 Å². The van der Waals surface area contributed by atoms with Gasteiger partial charge in [-0.1, -0.05) is 18.9 Å². The smallest absolute Gasteiger partial charge is 0.451 e. The normalized spacial score (nSPS) is 16.3. The van der Waals surface area contributed by atoms with Crippen LogP contribution >= 0.6 is 0 Å². The van der Waals surface area contributed by atoms with E-state index in [0.717, 1.165) is 0 Å². The van der Waals surface area contributed by atoms with E-state index in [9.17, 15) is 14.7 Å². The molecule has 1 atom stereocenters. The lowest BCUT2D eigenvalue weighted by molar-refractivity contribution is -0.144. The second kappa shape index (κ2) is 12.6. The Morgan fingerprint density at radius 2 is 1.84 bits per heavy atom. The van der Waals surface area contributed by atoms with Crippen molar-refractivity contribution in [3.63, 3.8) is 0 Å². The maximum absolute atomic E-state index is 12.5. The number of amides is 2. The lowest BCUT2D eigenvalue weighted by Gasteiger charge is -2.35. The zero-order chi connectivity index (χ0) is 23.6. The Hall–Kier alpha value is -2.34. The number of urea groups is 1. The van der Waals surface area contributed by atoms with Crippen LogP contribution in [0.2, 0.25) is 6.32 Å². The van der Waals surface area contributed by atoms with Crippen molar-refractivity contribution in [2.45, 2.75) is 44.0 Å². The van der Waals surface area contributed by atoms with Crippen LogP contribution in [0.5, 0.6) is 5.75 Å². The molecule has 0 spiro atoms. The molecule has 1 fully saturated rings. The Labute approximate surface area is 189 Å². The molecule has 2 rings (SSSR count). The molecule has 1 aliphatic rings. The van der Waals surface area contributed by atoms with E-state index in [2.05, 4.69) is 10.2 Å². The van der Waals surface area contributed by atoms with E-state index in [1.165, 1.54) is 0 Å². The molecule has 10 nitrogen and oxygen atoms in total. The highest BCUT2D eigenvalue weighted by Crippen LogP contribution is 2.20. The van der Waals surface area contributed by atoms with Crippen molar-refractivity contribution in [1.29, 1.82) is 0 Å². The van der Waals surface area contributed by atoms with Gasteiger partial charge < -0.3 is 35.8 Å². The van der Waals surface area contributed by atoms with Crippen molar-refractivity contribution in [1.82, 2.24) is 9.80 Å². The van der Waals surface area contributed by atoms with Gasteiger partial charge in [-0.3, -0.25) is 9.69 Å². The fourth-order valence-electron chi connectivity index (χ4n) is 3.80. The zero-order valence-electron chi connectivity index (χ0n) is 18.7. The average Bonchev–Trinajstić information content (AvgIpc) is 2.77. The summed E-state index contributed by atoms with van der Waals surface area (Å²) in [6.45, 7) is 3.32.